The number of anilines is 1. The minimum absolute atomic E-state index is 0.0114. The molecule has 0 aliphatic carbocycles. The summed E-state index contributed by atoms with van der Waals surface area (Å²) < 4.78 is 0. The SMILES string of the molecule is O=C(Nc1cccc(Cl)n1)c1cccc([N+](=O)[O-])c1Cl. The van der Waals surface area contributed by atoms with Crippen LogP contribution in [0.15, 0.2) is 36.4 Å². The van der Waals surface area contributed by atoms with Gasteiger partial charge in [-0.1, -0.05) is 35.3 Å². The van der Waals surface area contributed by atoms with Gasteiger partial charge in [-0.15, -0.1) is 0 Å². The average molecular weight is 312 g/mol. The Labute approximate surface area is 123 Å². The number of nitro benzene ring substituents is 1. The van der Waals surface area contributed by atoms with Crippen LogP contribution in [0, 0.1) is 10.1 Å². The van der Waals surface area contributed by atoms with Gasteiger partial charge in [0, 0.05) is 6.07 Å². The molecule has 0 aliphatic rings. The fraction of sp³-hybridized carbons (Fsp3) is 0. The number of benzene rings is 1. The second-order valence-corrected chi connectivity index (χ2v) is 4.46. The monoisotopic (exact) mass is 311 g/mol. The highest BCUT2D eigenvalue weighted by atomic mass is 35.5. The van der Waals surface area contributed by atoms with Gasteiger partial charge in [0.2, 0.25) is 0 Å². The lowest BCUT2D eigenvalue weighted by Gasteiger charge is -2.06. The fourth-order valence-corrected chi connectivity index (χ4v) is 1.94. The van der Waals surface area contributed by atoms with Crippen molar-refractivity contribution in [2.75, 3.05) is 5.32 Å². The van der Waals surface area contributed by atoms with Crippen LogP contribution in [0.4, 0.5) is 11.5 Å². The van der Waals surface area contributed by atoms with Gasteiger partial charge in [-0.3, -0.25) is 14.9 Å². The fourth-order valence-electron chi connectivity index (χ4n) is 1.50. The van der Waals surface area contributed by atoms with Crippen molar-refractivity contribution in [1.29, 1.82) is 0 Å². The Balaban J connectivity index is 2.30. The van der Waals surface area contributed by atoms with Crippen LogP contribution in [0.3, 0.4) is 0 Å². The molecule has 0 unspecified atom stereocenters. The normalized spacial score (nSPS) is 10.1. The molecule has 1 aromatic heterocycles. The molecule has 0 atom stereocenters. The van der Waals surface area contributed by atoms with E-state index < -0.39 is 10.8 Å². The topological polar surface area (TPSA) is 85.1 Å². The molecule has 1 amide bonds. The Morgan fingerprint density at radius 3 is 2.55 bits per heavy atom. The van der Waals surface area contributed by atoms with Crippen molar-refractivity contribution >= 4 is 40.6 Å². The summed E-state index contributed by atoms with van der Waals surface area (Å²) in [5.74, 6) is -0.376. The number of nitrogens with zero attached hydrogens (tertiary/aromatic N) is 2. The number of carbonyl (C=O) groups excluding carboxylic acids is 1. The van der Waals surface area contributed by atoms with Gasteiger partial charge in [0.1, 0.15) is 16.0 Å². The molecule has 0 fully saturated rings. The number of nitrogens with one attached hydrogen (secondary N) is 1. The maximum Gasteiger partial charge on any atom is 0.288 e. The van der Waals surface area contributed by atoms with Crippen LogP contribution in [0.1, 0.15) is 10.4 Å². The highest BCUT2D eigenvalue weighted by Gasteiger charge is 2.20. The first kappa shape index (κ1) is 14.2. The number of aromatic nitrogens is 1. The molecule has 2 aromatic rings. The number of nitro groups is 1. The largest absolute Gasteiger partial charge is 0.306 e. The zero-order valence-electron chi connectivity index (χ0n) is 9.84. The second kappa shape index (κ2) is 5.85. The molecular weight excluding hydrogens is 305 g/mol. The summed E-state index contributed by atoms with van der Waals surface area (Å²) in [5, 5.41) is 13.2. The van der Waals surface area contributed by atoms with Crippen LogP contribution in [0.25, 0.3) is 0 Å². The second-order valence-electron chi connectivity index (χ2n) is 3.70. The Bertz CT molecular complexity index is 691. The molecular formula is C12H7Cl2N3O3. The summed E-state index contributed by atoms with van der Waals surface area (Å²) in [6, 6.07) is 8.68. The van der Waals surface area contributed by atoms with Crippen molar-refractivity contribution in [2.24, 2.45) is 0 Å². The van der Waals surface area contributed by atoms with E-state index in [1.807, 2.05) is 0 Å². The molecule has 0 saturated heterocycles. The maximum atomic E-state index is 12.0. The van der Waals surface area contributed by atoms with Crippen molar-refractivity contribution in [2.45, 2.75) is 0 Å². The van der Waals surface area contributed by atoms with Gasteiger partial charge < -0.3 is 5.32 Å². The summed E-state index contributed by atoms with van der Waals surface area (Å²) in [7, 11) is 0. The zero-order valence-corrected chi connectivity index (χ0v) is 11.4. The van der Waals surface area contributed by atoms with Gasteiger partial charge in [0.05, 0.1) is 10.5 Å². The van der Waals surface area contributed by atoms with Crippen LogP contribution in [-0.2, 0) is 0 Å². The van der Waals surface area contributed by atoms with E-state index >= 15 is 0 Å². The van der Waals surface area contributed by atoms with Gasteiger partial charge in [0.15, 0.2) is 0 Å². The molecule has 0 aliphatic heterocycles. The van der Waals surface area contributed by atoms with Gasteiger partial charge >= 0.3 is 0 Å². The zero-order chi connectivity index (χ0) is 14.7. The first-order valence-corrected chi connectivity index (χ1v) is 6.11. The van der Waals surface area contributed by atoms with Gasteiger partial charge in [-0.2, -0.15) is 0 Å². The summed E-state index contributed by atoms with van der Waals surface area (Å²) in [5.41, 5.74) is -0.346. The lowest BCUT2D eigenvalue weighted by atomic mass is 10.2. The van der Waals surface area contributed by atoms with E-state index in [1.165, 1.54) is 24.3 Å². The lowest BCUT2D eigenvalue weighted by Crippen LogP contribution is -2.14. The van der Waals surface area contributed by atoms with Crippen LogP contribution in [0.2, 0.25) is 10.2 Å². The van der Waals surface area contributed by atoms with Crippen LogP contribution in [0.5, 0.6) is 0 Å². The van der Waals surface area contributed by atoms with Gasteiger partial charge in [-0.05, 0) is 18.2 Å². The molecule has 20 heavy (non-hydrogen) atoms. The predicted octanol–water partition coefficient (Wildman–Crippen LogP) is 3.55. The molecule has 0 radical (unpaired) electrons. The summed E-state index contributed by atoms with van der Waals surface area (Å²) in [4.78, 5) is 26.0. The first-order valence-electron chi connectivity index (χ1n) is 5.36. The molecule has 8 heteroatoms. The highest BCUT2D eigenvalue weighted by molar-refractivity contribution is 6.36. The van der Waals surface area contributed by atoms with E-state index in [0.717, 1.165) is 0 Å². The van der Waals surface area contributed by atoms with E-state index in [2.05, 4.69) is 10.3 Å². The van der Waals surface area contributed by atoms with Crippen molar-refractivity contribution in [1.82, 2.24) is 4.98 Å². The number of hydrogen-bond donors (Lipinski definition) is 1. The summed E-state index contributed by atoms with van der Waals surface area (Å²) in [6.07, 6.45) is 0. The van der Waals surface area contributed by atoms with Gasteiger partial charge in [0.25, 0.3) is 11.6 Å². The third-order valence-electron chi connectivity index (χ3n) is 2.38. The minimum atomic E-state index is -0.656. The molecule has 0 bridgehead atoms. The number of carbonyl (C=O) groups is 1. The third-order valence-corrected chi connectivity index (χ3v) is 2.98. The first-order chi connectivity index (χ1) is 9.49. The Morgan fingerprint density at radius 1 is 1.20 bits per heavy atom. The predicted molar refractivity (Wildman–Crippen MR) is 75.3 cm³/mol. The Hall–Kier alpha value is -2.18. The highest BCUT2D eigenvalue weighted by Crippen LogP contribution is 2.28. The number of halogens is 2. The Kier molecular flexibility index (Phi) is 4.16. The van der Waals surface area contributed by atoms with Crippen molar-refractivity contribution in [3.05, 3.63) is 62.3 Å². The van der Waals surface area contributed by atoms with Crippen molar-refractivity contribution in [3.63, 3.8) is 0 Å². The minimum Gasteiger partial charge on any atom is -0.306 e. The standard InChI is InChI=1S/C12H7Cl2N3O3/c13-9-5-2-6-10(15-9)16-12(18)7-3-1-4-8(11(7)14)17(19)20/h1-6H,(H,15,16,18). The number of pyridine rings is 1. The third kappa shape index (κ3) is 3.04. The van der Waals surface area contributed by atoms with Gasteiger partial charge in [-0.25, -0.2) is 4.98 Å². The van der Waals surface area contributed by atoms with E-state index in [0.29, 0.717) is 0 Å². The number of hydrogen-bond acceptors (Lipinski definition) is 4. The number of amides is 1. The smallest absolute Gasteiger partial charge is 0.288 e. The van der Waals surface area contributed by atoms with E-state index in [4.69, 9.17) is 23.2 Å². The van der Waals surface area contributed by atoms with E-state index in [1.54, 1.807) is 12.1 Å². The molecule has 0 spiro atoms. The molecule has 1 aromatic carbocycles. The maximum absolute atomic E-state index is 12.0. The molecule has 2 rings (SSSR count). The van der Waals surface area contributed by atoms with Crippen molar-refractivity contribution < 1.29 is 9.72 Å². The van der Waals surface area contributed by atoms with Crippen LogP contribution >= 0.6 is 23.2 Å². The van der Waals surface area contributed by atoms with E-state index in [9.17, 15) is 14.9 Å². The van der Waals surface area contributed by atoms with Crippen LogP contribution < -0.4 is 5.32 Å². The molecule has 102 valence electrons. The quantitative estimate of drug-likeness (QED) is 0.533. The van der Waals surface area contributed by atoms with E-state index in [-0.39, 0.29) is 27.2 Å². The molecule has 0 saturated carbocycles. The Morgan fingerprint density at radius 2 is 1.90 bits per heavy atom. The lowest BCUT2D eigenvalue weighted by molar-refractivity contribution is -0.384. The summed E-state index contributed by atoms with van der Waals surface area (Å²) >= 11 is 11.5. The van der Waals surface area contributed by atoms with Crippen LogP contribution in [-0.4, -0.2) is 15.8 Å². The number of rotatable bonds is 3. The van der Waals surface area contributed by atoms with Crippen molar-refractivity contribution in [3.8, 4) is 0 Å². The molecule has 1 N–H and O–H groups in total. The molecule has 6 nitrogen and oxygen atoms in total. The molecule has 1 heterocycles. The average Bonchev–Trinajstić information content (AvgIpc) is 2.38. The summed E-state index contributed by atoms with van der Waals surface area (Å²) in [6.45, 7) is 0.